The largest absolute Gasteiger partial charge is 0.374 e. The highest BCUT2D eigenvalue weighted by Crippen LogP contribution is 2.15. The SMILES string of the molecule is CCOC(C)(C)CNC(=O)CC1CCNCC1. The molecule has 0 aromatic heterocycles. The Balaban J connectivity index is 2.20. The first-order valence-corrected chi connectivity index (χ1v) is 6.65. The van der Waals surface area contributed by atoms with E-state index in [-0.39, 0.29) is 11.5 Å². The lowest BCUT2D eigenvalue weighted by Crippen LogP contribution is -2.41. The first kappa shape index (κ1) is 14.5. The summed E-state index contributed by atoms with van der Waals surface area (Å²) in [6.07, 6.45) is 2.88. The number of hydrogen-bond donors (Lipinski definition) is 2. The molecule has 4 heteroatoms. The second kappa shape index (κ2) is 6.97. The maximum atomic E-state index is 11.8. The molecule has 2 N–H and O–H groups in total. The molecule has 1 aliphatic rings. The maximum Gasteiger partial charge on any atom is 0.220 e. The minimum Gasteiger partial charge on any atom is -0.374 e. The van der Waals surface area contributed by atoms with Gasteiger partial charge in [0.1, 0.15) is 0 Å². The van der Waals surface area contributed by atoms with Gasteiger partial charge < -0.3 is 15.4 Å². The molecular formula is C13H26N2O2. The number of ether oxygens (including phenoxy) is 1. The summed E-state index contributed by atoms with van der Waals surface area (Å²) in [6, 6.07) is 0. The van der Waals surface area contributed by atoms with Gasteiger partial charge in [0.2, 0.25) is 5.91 Å². The highest BCUT2D eigenvalue weighted by Gasteiger charge is 2.21. The first-order valence-electron chi connectivity index (χ1n) is 6.65. The molecule has 0 saturated carbocycles. The van der Waals surface area contributed by atoms with E-state index in [9.17, 15) is 4.79 Å². The quantitative estimate of drug-likeness (QED) is 0.738. The van der Waals surface area contributed by atoms with Crippen LogP contribution in [0.4, 0.5) is 0 Å². The number of carbonyl (C=O) groups is 1. The van der Waals surface area contributed by atoms with Crippen LogP contribution in [0.5, 0.6) is 0 Å². The van der Waals surface area contributed by atoms with Crippen LogP contribution in [-0.2, 0) is 9.53 Å². The highest BCUT2D eigenvalue weighted by atomic mass is 16.5. The summed E-state index contributed by atoms with van der Waals surface area (Å²) >= 11 is 0. The molecule has 1 amide bonds. The molecule has 1 saturated heterocycles. The zero-order valence-electron chi connectivity index (χ0n) is 11.3. The van der Waals surface area contributed by atoms with Crippen molar-refractivity contribution in [2.75, 3.05) is 26.2 Å². The van der Waals surface area contributed by atoms with Crippen LogP contribution in [-0.4, -0.2) is 37.7 Å². The first-order chi connectivity index (χ1) is 8.03. The fraction of sp³-hybridized carbons (Fsp3) is 0.923. The fourth-order valence-electron chi connectivity index (χ4n) is 2.17. The van der Waals surface area contributed by atoms with Crippen LogP contribution in [0, 0.1) is 5.92 Å². The van der Waals surface area contributed by atoms with Gasteiger partial charge in [-0.1, -0.05) is 0 Å². The summed E-state index contributed by atoms with van der Waals surface area (Å²) in [5.74, 6) is 0.705. The molecule has 17 heavy (non-hydrogen) atoms. The Labute approximate surface area is 104 Å². The van der Waals surface area contributed by atoms with E-state index in [1.807, 2.05) is 20.8 Å². The van der Waals surface area contributed by atoms with E-state index in [1.165, 1.54) is 0 Å². The molecule has 1 heterocycles. The maximum absolute atomic E-state index is 11.8. The van der Waals surface area contributed by atoms with Crippen molar-refractivity contribution in [1.29, 1.82) is 0 Å². The number of hydrogen-bond acceptors (Lipinski definition) is 3. The van der Waals surface area contributed by atoms with Gasteiger partial charge >= 0.3 is 0 Å². The van der Waals surface area contributed by atoms with E-state index in [0.29, 0.717) is 25.5 Å². The lowest BCUT2D eigenvalue weighted by Gasteiger charge is -2.26. The van der Waals surface area contributed by atoms with E-state index in [0.717, 1.165) is 25.9 Å². The minimum atomic E-state index is -0.265. The Morgan fingerprint density at radius 1 is 1.41 bits per heavy atom. The monoisotopic (exact) mass is 242 g/mol. The molecule has 0 aliphatic carbocycles. The number of amides is 1. The van der Waals surface area contributed by atoms with Crippen molar-refractivity contribution in [3.63, 3.8) is 0 Å². The molecule has 1 rings (SSSR count). The Morgan fingerprint density at radius 2 is 2.06 bits per heavy atom. The van der Waals surface area contributed by atoms with Gasteiger partial charge in [-0.05, 0) is 52.6 Å². The number of piperidine rings is 1. The zero-order chi connectivity index (χ0) is 12.7. The fourth-order valence-corrected chi connectivity index (χ4v) is 2.17. The van der Waals surface area contributed by atoms with Crippen LogP contribution in [0.15, 0.2) is 0 Å². The summed E-state index contributed by atoms with van der Waals surface area (Å²) in [7, 11) is 0. The summed E-state index contributed by atoms with van der Waals surface area (Å²) in [6.45, 7) is 9.33. The molecule has 1 aliphatic heterocycles. The van der Waals surface area contributed by atoms with Crippen LogP contribution in [0.3, 0.4) is 0 Å². The third-order valence-corrected chi connectivity index (χ3v) is 3.18. The third-order valence-electron chi connectivity index (χ3n) is 3.18. The van der Waals surface area contributed by atoms with Gasteiger partial charge in [-0.3, -0.25) is 4.79 Å². The number of rotatable bonds is 6. The zero-order valence-corrected chi connectivity index (χ0v) is 11.3. The van der Waals surface area contributed by atoms with Crippen LogP contribution < -0.4 is 10.6 Å². The predicted molar refractivity (Wildman–Crippen MR) is 68.9 cm³/mol. The predicted octanol–water partition coefficient (Wildman–Crippen LogP) is 1.31. The van der Waals surface area contributed by atoms with Crippen molar-refractivity contribution >= 4 is 5.91 Å². The van der Waals surface area contributed by atoms with Crippen LogP contribution >= 0.6 is 0 Å². The van der Waals surface area contributed by atoms with Crippen molar-refractivity contribution in [3.8, 4) is 0 Å². The lowest BCUT2D eigenvalue weighted by molar-refractivity contribution is -0.123. The molecule has 0 aromatic rings. The smallest absolute Gasteiger partial charge is 0.220 e. The molecule has 0 spiro atoms. The average Bonchev–Trinajstić information content (AvgIpc) is 2.28. The standard InChI is InChI=1S/C13H26N2O2/c1-4-17-13(2,3)10-15-12(16)9-11-5-7-14-8-6-11/h11,14H,4-10H2,1-3H3,(H,15,16). The second-order valence-corrected chi connectivity index (χ2v) is 5.37. The summed E-state index contributed by atoms with van der Waals surface area (Å²) in [4.78, 5) is 11.8. The molecule has 4 nitrogen and oxygen atoms in total. The van der Waals surface area contributed by atoms with Crippen molar-refractivity contribution in [3.05, 3.63) is 0 Å². The van der Waals surface area contributed by atoms with Crippen molar-refractivity contribution < 1.29 is 9.53 Å². The van der Waals surface area contributed by atoms with Gasteiger partial charge in [0, 0.05) is 19.6 Å². The van der Waals surface area contributed by atoms with Crippen molar-refractivity contribution in [2.24, 2.45) is 5.92 Å². The van der Waals surface area contributed by atoms with E-state index in [2.05, 4.69) is 10.6 Å². The molecule has 0 unspecified atom stereocenters. The summed E-state index contributed by atoms with van der Waals surface area (Å²) < 4.78 is 5.54. The molecular weight excluding hydrogens is 216 g/mol. The topological polar surface area (TPSA) is 50.4 Å². The number of carbonyl (C=O) groups excluding carboxylic acids is 1. The van der Waals surface area contributed by atoms with Crippen LogP contribution in [0.2, 0.25) is 0 Å². The summed E-state index contributed by atoms with van der Waals surface area (Å²) in [5.41, 5.74) is -0.265. The Bertz CT molecular complexity index is 236. The highest BCUT2D eigenvalue weighted by molar-refractivity contribution is 5.76. The molecule has 0 aromatic carbocycles. The Morgan fingerprint density at radius 3 is 2.65 bits per heavy atom. The van der Waals surface area contributed by atoms with Gasteiger partial charge in [-0.25, -0.2) is 0 Å². The van der Waals surface area contributed by atoms with Gasteiger partial charge in [0.25, 0.3) is 0 Å². The van der Waals surface area contributed by atoms with E-state index < -0.39 is 0 Å². The van der Waals surface area contributed by atoms with Gasteiger partial charge in [0.05, 0.1) is 5.60 Å². The second-order valence-electron chi connectivity index (χ2n) is 5.37. The number of nitrogens with one attached hydrogen (secondary N) is 2. The molecule has 100 valence electrons. The van der Waals surface area contributed by atoms with Crippen LogP contribution in [0.25, 0.3) is 0 Å². The molecule has 1 fully saturated rings. The van der Waals surface area contributed by atoms with Crippen molar-refractivity contribution in [1.82, 2.24) is 10.6 Å². The lowest BCUT2D eigenvalue weighted by atomic mass is 9.94. The van der Waals surface area contributed by atoms with Gasteiger partial charge in [-0.15, -0.1) is 0 Å². The van der Waals surface area contributed by atoms with Gasteiger partial charge in [0.15, 0.2) is 0 Å². The van der Waals surface area contributed by atoms with E-state index in [1.54, 1.807) is 0 Å². The van der Waals surface area contributed by atoms with Crippen molar-refractivity contribution in [2.45, 2.75) is 45.6 Å². The molecule has 0 bridgehead atoms. The minimum absolute atomic E-state index is 0.157. The molecule has 0 radical (unpaired) electrons. The Hall–Kier alpha value is -0.610. The summed E-state index contributed by atoms with van der Waals surface area (Å²) in [5, 5.41) is 6.28. The van der Waals surface area contributed by atoms with E-state index in [4.69, 9.17) is 4.74 Å². The van der Waals surface area contributed by atoms with Gasteiger partial charge in [-0.2, -0.15) is 0 Å². The average molecular weight is 242 g/mol. The molecule has 0 atom stereocenters. The normalized spacial score (nSPS) is 18.1. The Kier molecular flexibility index (Phi) is 5.92. The van der Waals surface area contributed by atoms with Crippen LogP contribution in [0.1, 0.15) is 40.0 Å². The third kappa shape index (κ3) is 6.03. The van der Waals surface area contributed by atoms with E-state index >= 15 is 0 Å².